The van der Waals surface area contributed by atoms with Crippen LogP contribution in [0.5, 0.6) is 0 Å². The monoisotopic (exact) mass is 330 g/mol. The molecule has 2 rings (SSSR count). The number of pyridine rings is 1. The summed E-state index contributed by atoms with van der Waals surface area (Å²) in [5.74, 6) is 0.711. The van der Waals surface area contributed by atoms with Crippen LogP contribution >= 0.6 is 34.8 Å². The standard InChI is InChI=1S/C9H7IN4S/c10-6-4-12-14(5-6)8-3-1-2-7(13-8)9(11)15/h1-5H,(H2,11,15). The Hall–Kier alpha value is -1.02. The summed E-state index contributed by atoms with van der Waals surface area (Å²) in [5, 5.41) is 4.15. The molecule has 0 bridgehead atoms. The van der Waals surface area contributed by atoms with Crippen LogP contribution in [-0.4, -0.2) is 19.8 Å². The van der Waals surface area contributed by atoms with E-state index in [0.29, 0.717) is 16.5 Å². The summed E-state index contributed by atoms with van der Waals surface area (Å²) in [6.07, 6.45) is 3.64. The molecule has 0 fully saturated rings. The fraction of sp³-hybridized carbons (Fsp3) is 0. The maximum absolute atomic E-state index is 5.50. The van der Waals surface area contributed by atoms with Crippen molar-refractivity contribution in [3.05, 3.63) is 39.9 Å². The minimum atomic E-state index is 0.290. The van der Waals surface area contributed by atoms with E-state index in [1.54, 1.807) is 16.9 Å². The summed E-state index contributed by atoms with van der Waals surface area (Å²) >= 11 is 7.05. The molecule has 0 aromatic carbocycles. The van der Waals surface area contributed by atoms with Crippen LogP contribution in [0.25, 0.3) is 5.82 Å². The minimum absolute atomic E-state index is 0.290. The number of nitrogens with two attached hydrogens (primary N) is 1. The number of thiocarbonyl (C=S) groups is 1. The minimum Gasteiger partial charge on any atom is -0.388 e. The van der Waals surface area contributed by atoms with Gasteiger partial charge >= 0.3 is 0 Å². The number of aromatic nitrogens is 3. The normalized spacial score (nSPS) is 10.2. The Morgan fingerprint density at radius 2 is 2.27 bits per heavy atom. The van der Waals surface area contributed by atoms with E-state index < -0.39 is 0 Å². The van der Waals surface area contributed by atoms with E-state index in [-0.39, 0.29) is 0 Å². The number of halogens is 1. The van der Waals surface area contributed by atoms with Crippen LogP contribution in [0.3, 0.4) is 0 Å². The van der Waals surface area contributed by atoms with E-state index in [2.05, 4.69) is 32.7 Å². The van der Waals surface area contributed by atoms with Gasteiger partial charge in [-0.25, -0.2) is 9.67 Å². The first-order valence-corrected chi connectivity index (χ1v) is 5.63. The van der Waals surface area contributed by atoms with Crippen LogP contribution in [0.1, 0.15) is 5.69 Å². The largest absolute Gasteiger partial charge is 0.388 e. The van der Waals surface area contributed by atoms with Gasteiger partial charge in [0.15, 0.2) is 5.82 Å². The highest BCUT2D eigenvalue weighted by atomic mass is 127. The van der Waals surface area contributed by atoms with Gasteiger partial charge in [-0.1, -0.05) is 18.3 Å². The SMILES string of the molecule is NC(=S)c1cccc(-n2cc(I)cn2)n1. The maximum atomic E-state index is 5.50. The molecule has 0 unspecified atom stereocenters. The molecule has 0 atom stereocenters. The topological polar surface area (TPSA) is 56.7 Å². The number of nitrogens with zero attached hydrogens (tertiary/aromatic N) is 3. The van der Waals surface area contributed by atoms with Crippen molar-refractivity contribution >= 4 is 39.8 Å². The van der Waals surface area contributed by atoms with Crippen LogP contribution in [0, 0.1) is 3.57 Å². The molecule has 0 spiro atoms. The molecule has 0 aliphatic rings. The number of hydrogen-bond donors (Lipinski definition) is 1. The Kier molecular flexibility index (Phi) is 2.96. The van der Waals surface area contributed by atoms with Gasteiger partial charge in [0, 0.05) is 6.20 Å². The highest BCUT2D eigenvalue weighted by Gasteiger charge is 2.03. The van der Waals surface area contributed by atoms with Crippen LogP contribution in [0.4, 0.5) is 0 Å². The molecule has 0 amide bonds. The molecule has 2 aromatic heterocycles. The molecule has 2 heterocycles. The Bertz CT molecular complexity index is 508. The summed E-state index contributed by atoms with van der Waals surface area (Å²) in [6, 6.07) is 5.48. The van der Waals surface area contributed by atoms with Crippen molar-refractivity contribution in [2.75, 3.05) is 0 Å². The van der Waals surface area contributed by atoms with Gasteiger partial charge in [-0.05, 0) is 34.7 Å². The summed E-state index contributed by atoms with van der Waals surface area (Å²) in [5.41, 5.74) is 6.11. The van der Waals surface area contributed by atoms with Gasteiger partial charge in [0.25, 0.3) is 0 Å². The smallest absolute Gasteiger partial charge is 0.154 e. The first-order chi connectivity index (χ1) is 7.16. The van der Waals surface area contributed by atoms with E-state index in [0.717, 1.165) is 3.57 Å². The second kappa shape index (κ2) is 4.23. The third-order valence-electron chi connectivity index (χ3n) is 1.77. The maximum Gasteiger partial charge on any atom is 0.154 e. The van der Waals surface area contributed by atoms with Crippen LogP contribution in [-0.2, 0) is 0 Å². The zero-order chi connectivity index (χ0) is 10.8. The molecule has 0 saturated carbocycles. The Labute approximate surface area is 106 Å². The van der Waals surface area contributed by atoms with E-state index >= 15 is 0 Å². The molecular formula is C9H7IN4S. The Balaban J connectivity index is 2.45. The predicted molar refractivity (Wildman–Crippen MR) is 70.0 cm³/mol. The third-order valence-corrected chi connectivity index (χ3v) is 2.54. The van der Waals surface area contributed by atoms with Crippen LogP contribution in [0.15, 0.2) is 30.6 Å². The predicted octanol–water partition coefficient (Wildman–Crippen LogP) is 1.51. The Morgan fingerprint density at radius 1 is 1.47 bits per heavy atom. The fourth-order valence-corrected chi connectivity index (χ4v) is 1.62. The molecule has 2 aromatic rings. The van der Waals surface area contributed by atoms with Gasteiger partial charge in [-0.2, -0.15) is 5.10 Å². The van der Waals surface area contributed by atoms with Gasteiger partial charge in [0.05, 0.1) is 15.5 Å². The zero-order valence-corrected chi connectivity index (χ0v) is 10.6. The molecule has 2 N–H and O–H groups in total. The van der Waals surface area contributed by atoms with Gasteiger partial charge in [0.2, 0.25) is 0 Å². The van der Waals surface area contributed by atoms with Gasteiger partial charge in [-0.15, -0.1) is 0 Å². The van der Waals surface area contributed by atoms with Crippen LogP contribution < -0.4 is 5.73 Å². The average molecular weight is 330 g/mol. The highest BCUT2D eigenvalue weighted by molar-refractivity contribution is 14.1. The van der Waals surface area contributed by atoms with Crippen molar-refractivity contribution < 1.29 is 0 Å². The molecule has 6 heteroatoms. The summed E-state index contributed by atoms with van der Waals surface area (Å²) < 4.78 is 2.74. The number of hydrogen-bond acceptors (Lipinski definition) is 3. The third kappa shape index (κ3) is 2.32. The first-order valence-electron chi connectivity index (χ1n) is 4.14. The second-order valence-electron chi connectivity index (χ2n) is 2.85. The molecule has 76 valence electrons. The summed E-state index contributed by atoms with van der Waals surface area (Å²) in [7, 11) is 0. The van der Waals surface area contributed by atoms with Crippen molar-refractivity contribution in [3.8, 4) is 5.82 Å². The van der Waals surface area contributed by atoms with Crippen molar-refractivity contribution in [1.29, 1.82) is 0 Å². The van der Waals surface area contributed by atoms with E-state index in [4.69, 9.17) is 18.0 Å². The molecule has 4 nitrogen and oxygen atoms in total. The lowest BCUT2D eigenvalue weighted by atomic mass is 10.3. The van der Waals surface area contributed by atoms with Crippen molar-refractivity contribution in [1.82, 2.24) is 14.8 Å². The first kappa shape index (κ1) is 10.5. The van der Waals surface area contributed by atoms with E-state index in [1.807, 2.05) is 18.3 Å². The molecule has 0 aliphatic carbocycles. The summed E-state index contributed by atoms with van der Waals surface area (Å²) in [6.45, 7) is 0. The fourth-order valence-electron chi connectivity index (χ4n) is 1.11. The zero-order valence-electron chi connectivity index (χ0n) is 7.59. The quantitative estimate of drug-likeness (QED) is 0.670. The summed E-state index contributed by atoms with van der Waals surface area (Å²) in [4.78, 5) is 4.58. The molecule has 15 heavy (non-hydrogen) atoms. The van der Waals surface area contributed by atoms with Crippen LogP contribution in [0.2, 0.25) is 0 Å². The lowest BCUT2D eigenvalue weighted by Gasteiger charge is -2.02. The van der Waals surface area contributed by atoms with E-state index in [1.165, 1.54) is 0 Å². The van der Waals surface area contributed by atoms with Crippen molar-refractivity contribution in [2.24, 2.45) is 5.73 Å². The van der Waals surface area contributed by atoms with Gasteiger partial charge in [0.1, 0.15) is 4.99 Å². The van der Waals surface area contributed by atoms with Crippen molar-refractivity contribution in [2.45, 2.75) is 0 Å². The molecule has 0 radical (unpaired) electrons. The van der Waals surface area contributed by atoms with Crippen molar-refractivity contribution in [3.63, 3.8) is 0 Å². The van der Waals surface area contributed by atoms with Gasteiger partial charge < -0.3 is 5.73 Å². The molecule has 0 saturated heterocycles. The Morgan fingerprint density at radius 3 is 2.87 bits per heavy atom. The lowest BCUT2D eigenvalue weighted by molar-refractivity contribution is 0.845. The second-order valence-corrected chi connectivity index (χ2v) is 4.53. The van der Waals surface area contributed by atoms with Gasteiger partial charge in [-0.3, -0.25) is 0 Å². The van der Waals surface area contributed by atoms with E-state index in [9.17, 15) is 0 Å². The average Bonchev–Trinajstić information content (AvgIpc) is 2.65. The highest BCUT2D eigenvalue weighted by Crippen LogP contribution is 2.08. The molecular weight excluding hydrogens is 323 g/mol. The lowest BCUT2D eigenvalue weighted by Crippen LogP contribution is -2.12. The molecule has 0 aliphatic heterocycles. The number of rotatable bonds is 2.